The van der Waals surface area contributed by atoms with E-state index in [1.165, 1.54) is 0 Å². The van der Waals surface area contributed by atoms with Crippen molar-refractivity contribution in [3.63, 3.8) is 0 Å². The summed E-state index contributed by atoms with van der Waals surface area (Å²) in [5.74, 6) is 1.53. The number of hydrogen-bond acceptors (Lipinski definition) is 2. The standard InChI is InChI=1S/C13H10Cl2N2S/c14-5-3-13-16-11-2-1-9(15)7-12(11)17(13)10-4-6-18-8-10/h1-2,4,6-8H,3,5H2. The molecule has 5 heteroatoms. The molecular formula is C13H10Cl2N2S. The summed E-state index contributed by atoms with van der Waals surface area (Å²) in [7, 11) is 0. The summed E-state index contributed by atoms with van der Waals surface area (Å²) in [5, 5.41) is 4.87. The van der Waals surface area contributed by atoms with Crippen LogP contribution in [0.15, 0.2) is 35.0 Å². The van der Waals surface area contributed by atoms with Gasteiger partial charge in [-0.1, -0.05) is 11.6 Å². The molecule has 0 unspecified atom stereocenters. The molecular weight excluding hydrogens is 287 g/mol. The van der Waals surface area contributed by atoms with Crippen LogP contribution in [0.25, 0.3) is 16.7 Å². The van der Waals surface area contributed by atoms with E-state index in [0.29, 0.717) is 5.88 Å². The molecule has 2 heterocycles. The Morgan fingerprint density at radius 3 is 2.89 bits per heavy atom. The lowest BCUT2D eigenvalue weighted by Crippen LogP contribution is -2.00. The highest BCUT2D eigenvalue weighted by atomic mass is 35.5. The van der Waals surface area contributed by atoms with Gasteiger partial charge in [0.25, 0.3) is 0 Å². The van der Waals surface area contributed by atoms with Crippen LogP contribution in [-0.4, -0.2) is 15.4 Å². The highest BCUT2D eigenvalue weighted by molar-refractivity contribution is 7.08. The maximum atomic E-state index is 6.07. The van der Waals surface area contributed by atoms with Crippen molar-refractivity contribution < 1.29 is 0 Å². The number of fused-ring (bicyclic) bond motifs is 1. The molecule has 0 aliphatic carbocycles. The van der Waals surface area contributed by atoms with Crippen molar-refractivity contribution in [2.24, 2.45) is 0 Å². The first-order valence-corrected chi connectivity index (χ1v) is 7.40. The van der Waals surface area contributed by atoms with Crippen LogP contribution in [0.5, 0.6) is 0 Å². The molecule has 0 aliphatic rings. The second-order valence-electron chi connectivity index (χ2n) is 3.92. The first-order chi connectivity index (χ1) is 8.79. The number of benzene rings is 1. The van der Waals surface area contributed by atoms with Crippen LogP contribution < -0.4 is 0 Å². The fourth-order valence-electron chi connectivity index (χ4n) is 2.02. The third-order valence-electron chi connectivity index (χ3n) is 2.77. The summed E-state index contributed by atoms with van der Waals surface area (Å²) < 4.78 is 2.13. The van der Waals surface area contributed by atoms with Gasteiger partial charge in [0.1, 0.15) is 5.82 Å². The van der Waals surface area contributed by atoms with E-state index >= 15 is 0 Å². The second-order valence-corrected chi connectivity index (χ2v) is 5.51. The number of rotatable bonds is 3. The topological polar surface area (TPSA) is 17.8 Å². The SMILES string of the molecule is ClCCc1nc2ccc(Cl)cc2n1-c1ccsc1. The largest absolute Gasteiger partial charge is 0.295 e. The van der Waals surface area contributed by atoms with E-state index in [9.17, 15) is 0 Å². The third kappa shape index (κ3) is 2.03. The van der Waals surface area contributed by atoms with Crippen molar-refractivity contribution >= 4 is 45.6 Å². The molecule has 2 aromatic heterocycles. The molecule has 1 aromatic carbocycles. The number of hydrogen-bond donors (Lipinski definition) is 0. The molecule has 0 N–H and O–H groups in total. The van der Waals surface area contributed by atoms with Crippen LogP contribution in [0.4, 0.5) is 0 Å². The molecule has 0 spiro atoms. The molecule has 3 rings (SSSR count). The predicted molar refractivity (Wildman–Crippen MR) is 78.4 cm³/mol. The average Bonchev–Trinajstić information content (AvgIpc) is 2.95. The molecule has 0 bridgehead atoms. The highest BCUT2D eigenvalue weighted by Gasteiger charge is 2.12. The van der Waals surface area contributed by atoms with E-state index in [1.54, 1.807) is 11.3 Å². The summed E-state index contributed by atoms with van der Waals surface area (Å²) in [6.07, 6.45) is 0.740. The molecule has 0 radical (unpaired) electrons. The van der Waals surface area contributed by atoms with E-state index < -0.39 is 0 Å². The zero-order valence-corrected chi connectivity index (χ0v) is 11.8. The minimum atomic E-state index is 0.557. The Balaban J connectivity index is 2.30. The van der Waals surface area contributed by atoms with Crippen LogP contribution in [0.3, 0.4) is 0 Å². The molecule has 92 valence electrons. The van der Waals surface area contributed by atoms with Crippen LogP contribution in [0.2, 0.25) is 5.02 Å². The summed E-state index contributed by atoms with van der Waals surface area (Å²) in [6.45, 7) is 0. The number of halogens is 2. The first kappa shape index (κ1) is 12.0. The van der Waals surface area contributed by atoms with E-state index in [0.717, 1.165) is 34.0 Å². The molecule has 18 heavy (non-hydrogen) atoms. The normalized spacial score (nSPS) is 11.2. The maximum absolute atomic E-state index is 6.07. The van der Waals surface area contributed by atoms with Gasteiger partial charge in [-0.3, -0.25) is 4.57 Å². The Labute approximate surface area is 119 Å². The highest BCUT2D eigenvalue weighted by Crippen LogP contribution is 2.26. The molecule has 0 saturated heterocycles. The predicted octanol–water partition coefficient (Wildman–Crippen LogP) is 4.52. The minimum absolute atomic E-state index is 0.557. The Bertz CT molecular complexity index is 674. The lowest BCUT2D eigenvalue weighted by molar-refractivity contribution is 0.915. The van der Waals surface area contributed by atoms with Crippen LogP contribution in [0.1, 0.15) is 5.82 Å². The molecule has 0 amide bonds. The number of thiophene rings is 1. The molecule has 2 nitrogen and oxygen atoms in total. The van der Waals surface area contributed by atoms with E-state index in [4.69, 9.17) is 23.2 Å². The van der Waals surface area contributed by atoms with E-state index in [-0.39, 0.29) is 0 Å². The summed E-state index contributed by atoms with van der Waals surface area (Å²) >= 11 is 13.6. The lowest BCUT2D eigenvalue weighted by atomic mass is 10.3. The quantitative estimate of drug-likeness (QED) is 0.650. The molecule has 0 atom stereocenters. The number of alkyl halides is 1. The van der Waals surface area contributed by atoms with Gasteiger partial charge in [-0.15, -0.1) is 11.6 Å². The van der Waals surface area contributed by atoms with Crippen LogP contribution in [0, 0.1) is 0 Å². The van der Waals surface area contributed by atoms with Gasteiger partial charge in [0, 0.05) is 22.7 Å². The summed E-state index contributed by atoms with van der Waals surface area (Å²) in [6, 6.07) is 7.82. The number of nitrogens with zero attached hydrogens (tertiary/aromatic N) is 2. The van der Waals surface area contributed by atoms with E-state index in [2.05, 4.69) is 26.4 Å². The number of aryl methyl sites for hydroxylation is 1. The molecule has 3 aromatic rings. The fourth-order valence-corrected chi connectivity index (χ4v) is 2.98. The van der Waals surface area contributed by atoms with Gasteiger partial charge in [0.05, 0.1) is 16.7 Å². The van der Waals surface area contributed by atoms with Gasteiger partial charge in [0.15, 0.2) is 0 Å². The number of imidazole rings is 1. The minimum Gasteiger partial charge on any atom is -0.295 e. The van der Waals surface area contributed by atoms with Gasteiger partial charge in [-0.2, -0.15) is 11.3 Å². The van der Waals surface area contributed by atoms with Crippen molar-refractivity contribution in [3.8, 4) is 5.69 Å². The molecule has 0 fully saturated rings. The Kier molecular flexibility index (Phi) is 3.29. The fraction of sp³-hybridized carbons (Fsp3) is 0.154. The van der Waals surface area contributed by atoms with Gasteiger partial charge in [-0.05, 0) is 29.6 Å². The zero-order chi connectivity index (χ0) is 12.5. The van der Waals surface area contributed by atoms with Crippen molar-refractivity contribution in [2.75, 3.05) is 5.88 Å². The molecule has 0 aliphatic heterocycles. The molecule has 0 saturated carbocycles. The van der Waals surface area contributed by atoms with Crippen LogP contribution >= 0.6 is 34.5 Å². The number of aromatic nitrogens is 2. The van der Waals surface area contributed by atoms with Crippen molar-refractivity contribution in [1.29, 1.82) is 0 Å². The smallest absolute Gasteiger partial charge is 0.115 e. The van der Waals surface area contributed by atoms with Gasteiger partial charge >= 0.3 is 0 Å². The zero-order valence-electron chi connectivity index (χ0n) is 9.44. The van der Waals surface area contributed by atoms with Crippen molar-refractivity contribution in [3.05, 3.63) is 45.9 Å². The Morgan fingerprint density at radius 2 is 2.17 bits per heavy atom. The van der Waals surface area contributed by atoms with Gasteiger partial charge in [-0.25, -0.2) is 4.98 Å². The lowest BCUT2D eigenvalue weighted by Gasteiger charge is -2.05. The van der Waals surface area contributed by atoms with Crippen molar-refractivity contribution in [2.45, 2.75) is 6.42 Å². The van der Waals surface area contributed by atoms with Gasteiger partial charge in [0.2, 0.25) is 0 Å². The monoisotopic (exact) mass is 296 g/mol. The maximum Gasteiger partial charge on any atom is 0.115 e. The van der Waals surface area contributed by atoms with E-state index in [1.807, 2.05) is 18.2 Å². The Morgan fingerprint density at radius 1 is 1.28 bits per heavy atom. The van der Waals surface area contributed by atoms with Gasteiger partial charge < -0.3 is 0 Å². The summed E-state index contributed by atoms with van der Waals surface area (Å²) in [4.78, 5) is 4.62. The summed E-state index contributed by atoms with van der Waals surface area (Å²) in [5.41, 5.74) is 3.09. The average molecular weight is 297 g/mol. The first-order valence-electron chi connectivity index (χ1n) is 5.55. The van der Waals surface area contributed by atoms with Crippen LogP contribution in [-0.2, 0) is 6.42 Å². The Hall–Kier alpha value is -1.03. The second kappa shape index (κ2) is 4.92. The third-order valence-corrected chi connectivity index (χ3v) is 3.86. The van der Waals surface area contributed by atoms with Crippen molar-refractivity contribution in [1.82, 2.24) is 9.55 Å².